The number of thioether (sulfide) groups is 1. The van der Waals surface area contributed by atoms with Crippen LogP contribution in [0.3, 0.4) is 0 Å². The van der Waals surface area contributed by atoms with Crippen LogP contribution in [0.2, 0.25) is 0 Å². The number of aromatic nitrogens is 5. The van der Waals surface area contributed by atoms with Crippen LogP contribution in [-0.4, -0.2) is 31.2 Å². The van der Waals surface area contributed by atoms with E-state index in [9.17, 15) is 0 Å². The predicted octanol–water partition coefficient (Wildman–Crippen LogP) is 3.72. The molecule has 0 saturated carbocycles. The summed E-state index contributed by atoms with van der Waals surface area (Å²) in [4.78, 5) is 5.02. The van der Waals surface area contributed by atoms with Crippen molar-refractivity contribution in [2.75, 3.05) is 6.26 Å². The van der Waals surface area contributed by atoms with Crippen LogP contribution < -0.4 is 0 Å². The highest BCUT2D eigenvalue weighted by atomic mass is 32.2. The lowest BCUT2D eigenvalue weighted by molar-refractivity contribution is 0.860. The van der Waals surface area contributed by atoms with E-state index in [1.54, 1.807) is 4.68 Å². The van der Waals surface area contributed by atoms with Gasteiger partial charge in [-0.2, -0.15) is 10.1 Å². The number of rotatable bonds is 4. The van der Waals surface area contributed by atoms with Gasteiger partial charge in [0.2, 0.25) is 5.16 Å². The van der Waals surface area contributed by atoms with Crippen LogP contribution in [0.5, 0.6) is 0 Å². The van der Waals surface area contributed by atoms with Gasteiger partial charge in [-0.15, -0.1) is 28.0 Å². The summed E-state index contributed by atoms with van der Waals surface area (Å²) < 4.78 is 1.75. The molecule has 0 aliphatic carbocycles. The van der Waals surface area contributed by atoms with E-state index in [0.29, 0.717) is 16.8 Å². The molecule has 1 N–H and O–H groups in total. The first-order valence-electron chi connectivity index (χ1n) is 6.39. The highest BCUT2D eigenvalue weighted by molar-refractivity contribution is 7.98. The fourth-order valence-corrected chi connectivity index (χ4v) is 2.33. The molecule has 3 rings (SSSR count). The Bertz CT molecular complexity index is 821. The summed E-state index contributed by atoms with van der Waals surface area (Å²) in [7, 11) is 0. The SMILES string of the molecule is CSc1n[nH]c(N=Nc2cn(-c3cccc(S)c3)nc2C)n1. The quantitative estimate of drug-likeness (QED) is 0.433. The van der Waals surface area contributed by atoms with Crippen molar-refractivity contribution >= 4 is 36.0 Å². The summed E-state index contributed by atoms with van der Waals surface area (Å²) in [6.45, 7) is 1.88. The number of hydrogen-bond donors (Lipinski definition) is 2. The zero-order valence-electron chi connectivity index (χ0n) is 11.9. The van der Waals surface area contributed by atoms with Crippen LogP contribution >= 0.6 is 24.4 Å². The Morgan fingerprint density at radius 1 is 1.32 bits per heavy atom. The molecule has 7 nitrogen and oxygen atoms in total. The molecule has 0 atom stereocenters. The van der Waals surface area contributed by atoms with Crippen molar-refractivity contribution in [3.8, 4) is 5.69 Å². The molecule has 22 heavy (non-hydrogen) atoms. The molecule has 0 saturated heterocycles. The number of thiol groups is 1. The average molecular weight is 331 g/mol. The van der Waals surface area contributed by atoms with Crippen LogP contribution in [0.4, 0.5) is 11.6 Å². The second-order valence-corrected chi connectivity index (χ2v) is 5.70. The second kappa shape index (κ2) is 6.32. The molecule has 2 heterocycles. The van der Waals surface area contributed by atoms with Crippen LogP contribution in [0.1, 0.15) is 5.69 Å². The minimum Gasteiger partial charge on any atom is -0.241 e. The van der Waals surface area contributed by atoms with Gasteiger partial charge in [0.1, 0.15) is 5.69 Å². The third-order valence-corrected chi connectivity index (χ3v) is 3.68. The second-order valence-electron chi connectivity index (χ2n) is 4.41. The molecule has 0 aliphatic rings. The molecule has 0 spiro atoms. The van der Waals surface area contributed by atoms with Crippen molar-refractivity contribution < 1.29 is 0 Å². The predicted molar refractivity (Wildman–Crippen MR) is 87.9 cm³/mol. The summed E-state index contributed by atoms with van der Waals surface area (Å²) in [6, 6.07) is 7.72. The first-order chi connectivity index (χ1) is 10.7. The van der Waals surface area contributed by atoms with Crippen LogP contribution in [-0.2, 0) is 0 Å². The number of H-pyrrole nitrogens is 1. The number of benzene rings is 1. The van der Waals surface area contributed by atoms with Gasteiger partial charge < -0.3 is 0 Å². The van der Waals surface area contributed by atoms with E-state index in [1.807, 2.05) is 43.6 Å². The zero-order chi connectivity index (χ0) is 15.5. The molecule has 112 valence electrons. The normalized spacial score (nSPS) is 11.4. The van der Waals surface area contributed by atoms with E-state index >= 15 is 0 Å². The summed E-state index contributed by atoms with van der Waals surface area (Å²) >= 11 is 5.77. The highest BCUT2D eigenvalue weighted by Gasteiger charge is 2.07. The van der Waals surface area contributed by atoms with Gasteiger partial charge in [0, 0.05) is 4.90 Å². The van der Waals surface area contributed by atoms with Crippen molar-refractivity contribution in [2.45, 2.75) is 17.0 Å². The summed E-state index contributed by atoms with van der Waals surface area (Å²) in [5.74, 6) is 0.369. The number of aryl methyl sites for hydroxylation is 1. The molecular formula is C13H13N7S2. The Labute approximate surface area is 136 Å². The van der Waals surface area contributed by atoms with Gasteiger partial charge in [0.05, 0.1) is 17.6 Å². The van der Waals surface area contributed by atoms with Crippen molar-refractivity contribution in [2.24, 2.45) is 10.2 Å². The Balaban J connectivity index is 1.86. The Morgan fingerprint density at radius 2 is 2.18 bits per heavy atom. The van der Waals surface area contributed by atoms with Crippen molar-refractivity contribution in [1.82, 2.24) is 25.0 Å². The smallest absolute Gasteiger partial charge is 0.241 e. The number of hydrogen-bond acceptors (Lipinski definition) is 7. The topological polar surface area (TPSA) is 84.1 Å². The van der Waals surface area contributed by atoms with Gasteiger partial charge in [-0.25, -0.2) is 9.78 Å². The highest BCUT2D eigenvalue weighted by Crippen LogP contribution is 2.22. The largest absolute Gasteiger partial charge is 0.265 e. The molecule has 0 fully saturated rings. The fraction of sp³-hybridized carbons (Fsp3) is 0.154. The minimum absolute atomic E-state index is 0.369. The standard InChI is InChI=1S/C13H13N7S2/c1-8-11(15-16-12-14-13(22-2)18-17-12)7-20(19-8)9-4-3-5-10(21)6-9/h3-7,21H,1-2H3,(H,14,17,18). The lowest BCUT2D eigenvalue weighted by atomic mass is 10.3. The minimum atomic E-state index is 0.369. The number of nitrogens with zero attached hydrogens (tertiary/aromatic N) is 6. The molecule has 9 heteroatoms. The van der Waals surface area contributed by atoms with E-state index in [4.69, 9.17) is 0 Å². The monoisotopic (exact) mass is 331 g/mol. The maximum Gasteiger partial charge on any atom is 0.265 e. The lowest BCUT2D eigenvalue weighted by Crippen LogP contribution is -1.94. The van der Waals surface area contributed by atoms with Gasteiger partial charge in [-0.05, 0) is 31.4 Å². The maximum absolute atomic E-state index is 4.43. The number of aromatic amines is 1. The molecule has 0 bridgehead atoms. The van der Waals surface area contributed by atoms with Crippen molar-refractivity contribution in [1.29, 1.82) is 0 Å². The number of azo groups is 1. The third kappa shape index (κ3) is 3.20. The molecule has 0 radical (unpaired) electrons. The van der Waals surface area contributed by atoms with Gasteiger partial charge in [-0.1, -0.05) is 17.8 Å². The average Bonchev–Trinajstić information content (AvgIpc) is 3.11. The number of nitrogens with one attached hydrogen (secondary N) is 1. The van der Waals surface area contributed by atoms with E-state index in [-0.39, 0.29) is 0 Å². The molecule has 0 amide bonds. The third-order valence-electron chi connectivity index (χ3n) is 2.86. The van der Waals surface area contributed by atoms with Crippen LogP contribution in [0.25, 0.3) is 5.69 Å². The molecule has 0 unspecified atom stereocenters. The summed E-state index contributed by atoms with van der Waals surface area (Å²) in [5, 5.41) is 20.0. The summed E-state index contributed by atoms with van der Waals surface area (Å²) in [6.07, 6.45) is 3.71. The Kier molecular flexibility index (Phi) is 4.25. The summed E-state index contributed by atoms with van der Waals surface area (Å²) in [5.41, 5.74) is 2.37. The van der Waals surface area contributed by atoms with Gasteiger partial charge in [0.25, 0.3) is 5.95 Å². The fourth-order valence-electron chi connectivity index (χ4n) is 1.79. The van der Waals surface area contributed by atoms with Gasteiger partial charge >= 0.3 is 0 Å². The molecule has 2 aromatic heterocycles. The van der Waals surface area contributed by atoms with E-state index in [0.717, 1.165) is 16.3 Å². The first kappa shape index (κ1) is 14.8. The molecule has 3 aromatic rings. The molecular weight excluding hydrogens is 318 g/mol. The van der Waals surface area contributed by atoms with Crippen molar-refractivity contribution in [3.05, 3.63) is 36.2 Å². The molecule has 0 aliphatic heterocycles. The zero-order valence-corrected chi connectivity index (χ0v) is 13.6. The van der Waals surface area contributed by atoms with E-state index < -0.39 is 0 Å². The Morgan fingerprint density at radius 3 is 2.91 bits per heavy atom. The van der Waals surface area contributed by atoms with Crippen LogP contribution in [0.15, 0.2) is 50.7 Å². The molecule has 1 aromatic carbocycles. The van der Waals surface area contributed by atoms with Crippen molar-refractivity contribution in [3.63, 3.8) is 0 Å². The van der Waals surface area contributed by atoms with Gasteiger partial charge in [-0.3, -0.25) is 0 Å². The Hall–Kier alpha value is -2.13. The lowest BCUT2D eigenvalue weighted by Gasteiger charge is -2.00. The van der Waals surface area contributed by atoms with E-state index in [1.165, 1.54) is 11.8 Å². The van der Waals surface area contributed by atoms with Gasteiger partial charge in [0.15, 0.2) is 0 Å². The maximum atomic E-state index is 4.43. The first-order valence-corrected chi connectivity index (χ1v) is 8.07. The van der Waals surface area contributed by atoms with E-state index in [2.05, 4.69) is 43.1 Å². The van der Waals surface area contributed by atoms with Crippen LogP contribution in [0, 0.1) is 6.92 Å².